The lowest BCUT2D eigenvalue weighted by molar-refractivity contribution is 0.0696. The molecule has 0 aromatic heterocycles. The van der Waals surface area contributed by atoms with Gasteiger partial charge in [0.05, 0.1) is 5.56 Å². The zero-order valence-corrected chi connectivity index (χ0v) is 10.7. The number of carbonyl (C=O) groups is 1. The Morgan fingerprint density at radius 1 is 1.26 bits per heavy atom. The highest BCUT2D eigenvalue weighted by molar-refractivity contribution is 5.88. The first-order valence-electron chi connectivity index (χ1n) is 6.48. The molecule has 1 fully saturated rings. The second kappa shape index (κ2) is 5.55. The molecule has 0 radical (unpaired) electrons. The minimum atomic E-state index is -1.34. The highest BCUT2D eigenvalue weighted by atomic mass is 19.1. The third-order valence-corrected chi connectivity index (χ3v) is 3.73. The normalized spacial score (nSPS) is 23.1. The number of halogens is 2. The summed E-state index contributed by atoms with van der Waals surface area (Å²) in [7, 11) is 0. The van der Waals surface area contributed by atoms with Gasteiger partial charge >= 0.3 is 5.97 Å². The van der Waals surface area contributed by atoms with Gasteiger partial charge in [-0.3, -0.25) is 0 Å². The predicted octanol–water partition coefficient (Wildman–Crippen LogP) is 3.65. The van der Waals surface area contributed by atoms with Crippen molar-refractivity contribution in [2.24, 2.45) is 5.92 Å². The molecule has 0 spiro atoms. The summed E-state index contributed by atoms with van der Waals surface area (Å²) in [6.07, 6.45) is 4.09. The molecule has 1 aromatic rings. The van der Waals surface area contributed by atoms with Crippen LogP contribution in [0.15, 0.2) is 12.1 Å². The van der Waals surface area contributed by atoms with Crippen molar-refractivity contribution < 1.29 is 18.7 Å². The van der Waals surface area contributed by atoms with E-state index in [1.165, 1.54) is 0 Å². The van der Waals surface area contributed by atoms with E-state index < -0.39 is 17.6 Å². The second-order valence-electron chi connectivity index (χ2n) is 5.13. The number of hydrogen-bond donors (Lipinski definition) is 2. The first-order valence-corrected chi connectivity index (χ1v) is 6.48. The summed E-state index contributed by atoms with van der Waals surface area (Å²) >= 11 is 0. The molecule has 1 saturated carbocycles. The van der Waals surface area contributed by atoms with Gasteiger partial charge in [0.25, 0.3) is 0 Å². The molecule has 0 heterocycles. The van der Waals surface area contributed by atoms with E-state index in [4.69, 9.17) is 5.11 Å². The van der Waals surface area contributed by atoms with Crippen LogP contribution >= 0.6 is 0 Å². The number of benzene rings is 1. The summed E-state index contributed by atoms with van der Waals surface area (Å²) < 4.78 is 27.6. The van der Waals surface area contributed by atoms with Crippen molar-refractivity contribution in [3.05, 3.63) is 29.3 Å². The van der Waals surface area contributed by atoms with E-state index in [1.807, 2.05) is 0 Å². The van der Waals surface area contributed by atoms with Gasteiger partial charge in [-0.25, -0.2) is 13.6 Å². The Kier molecular flexibility index (Phi) is 4.02. The Hall–Kier alpha value is -1.65. The molecule has 0 saturated heterocycles. The fraction of sp³-hybridized carbons (Fsp3) is 0.500. The summed E-state index contributed by atoms with van der Waals surface area (Å²) in [6, 6.07) is 1.73. The van der Waals surface area contributed by atoms with E-state index in [-0.39, 0.29) is 17.3 Å². The van der Waals surface area contributed by atoms with Crippen LogP contribution in [0.3, 0.4) is 0 Å². The van der Waals surface area contributed by atoms with Crippen molar-refractivity contribution in [2.45, 2.75) is 38.6 Å². The first kappa shape index (κ1) is 13.8. The lowest BCUT2D eigenvalue weighted by Crippen LogP contribution is -2.31. The number of nitrogens with one attached hydrogen (secondary N) is 1. The Balaban J connectivity index is 2.22. The van der Waals surface area contributed by atoms with Crippen LogP contribution in [0, 0.1) is 17.6 Å². The molecule has 19 heavy (non-hydrogen) atoms. The minimum Gasteiger partial charge on any atom is -0.478 e. The van der Waals surface area contributed by atoms with Gasteiger partial charge in [0.15, 0.2) is 0 Å². The lowest BCUT2D eigenvalue weighted by Gasteiger charge is -2.30. The molecular formula is C14H17F2NO2. The molecule has 2 rings (SSSR count). The molecule has 2 N–H and O–H groups in total. The topological polar surface area (TPSA) is 49.3 Å². The van der Waals surface area contributed by atoms with Crippen LogP contribution in [0.1, 0.15) is 43.0 Å². The molecule has 0 aliphatic heterocycles. The number of carboxylic acid groups (broad SMARTS) is 1. The number of rotatable bonds is 3. The van der Waals surface area contributed by atoms with E-state index >= 15 is 0 Å². The molecule has 1 aromatic carbocycles. The zero-order chi connectivity index (χ0) is 14.0. The van der Waals surface area contributed by atoms with Crippen molar-refractivity contribution in [2.75, 3.05) is 5.32 Å². The van der Waals surface area contributed by atoms with Crippen LogP contribution in [0.25, 0.3) is 0 Å². The van der Waals surface area contributed by atoms with Gasteiger partial charge in [-0.05, 0) is 30.9 Å². The Morgan fingerprint density at radius 3 is 2.37 bits per heavy atom. The number of hydrogen-bond acceptors (Lipinski definition) is 2. The van der Waals surface area contributed by atoms with Gasteiger partial charge < -0.3 is 10.4 Å². The SMILES string of the molecule is CC1CCCCC1Nc1c(F)cc(C(=O)O)cc1F. The van der Waals surface area contributed by atoms with E-state index in [1.54, 1.807) is 0 Å². The third-order valence-electron chi connectivity index (χ3n) is 3.73. The fourth-order valence-electron chi connectivity index (χ4n) is 2.55. The van der Waals surface area contributed by atoms with Crippen molar-refractivity contribution >= 4 is 11.7 Å². The van der Waals surface area contributed by atoms with E-state index in [9.17, 15) is 13.6 Å². The Labute approximate surface area is 110 Å². The number of aromatic carboxylic acids is 1. The van der Waals surface area contributed by atoms with Crippen LogP contribution < -0.4 is 5.32 Å². The summed E-state index contributed by atoms with van der Waals surface area (Å²) in [6.45, 7) is 2.05. The largest absolute Gasteiger partial charge is 0.478 e. The highest BCUT2D eigenvalue weighted by Gasteiger charge is 2.24. The van der Waals surface area contributed by atoms with Crippen LogP contribution in [-0.4, -0.2) is 17.1 Å². The fourth-order valence-corrected chi connectivity index (χ4v) is 2.55. The van der Waals surface area contributed by atoms with Gasteiger partial charge in [-0.1, -0.05) is 19.8 Å². The maximum Gasteiger partial charge on any atom is 0.335 e. The molecule has 2 atom stereocenters. The standard InChI is InChI=1S/C14H17F2NO2/c1-8-4-2-3-5-12(8)17-13-10(15)6-9(14(18)19)7-11(13)16/h6-8,12,17H,2-5H2,1H3,(H,18,19). The van der Waals surface area contributed by atoms with Gasteiger partial charge in [0, 0.05) is 6.04 Å². The maximum absolute atomic E-state index is 13.8. The maximum atomic E-state index is 13.8. The third kappa shape index (κ3) is 3.03. The number of carboxylic acids is 1. The smallest absolute Gasteiger partial charge is 0.335 e. The molecule has 1 aliphatic rings. The van der Waals surface area contributed by atoms with Crippen LogP contribution in [-0.2, 0) is 0 Å². The van der Waals surface area contributed by atoms with E-state index in [2.05, 4.69) is 12.2 Å². The monoisotopic (exact) mass is 269 g/mol. The second-order valence-corrected chi connectivity index (χ2v) is 5.13. The van der Waals surface area contributed by atoms with Crippen LogP contribution in [0.2, 0.25) is 0 Å². The van der Waals surface area contributed by atoms with Crippen LogP contribution in [0.4, 0.5) is 14.5 Å². The number of anilines is 1. The summed E-state index contributed by atoms with van der Waals surface area (Å²) in [5, 5.41) is 11.6. The van der Waals surface area contributed by atoms with Gasteiger partial charge in [-0.2, -0.15) is 0 Å². The summed E-state index contributed by atoms with van der Waals surface area (Å²) in [5.74, 6) is -2.69. The molecule has 3 nitrogen and oxygen atoms in total. The van der Waals surface area contributed by atoms with Gasteiger partial charge in [0.1, 0.15) is 17.3 Å². The molecule has 104 valence electrons. The molecule has 2 unspecified atom stereocenters. The van der Waals surface area contributed by atoms with Crippen molar-refractivity contribution in [1.29, 1.82) is 0 Å². The lowest BCUT2D eigenvalue weighted by atomic mass is 9.86. The minimum absolute atomic E-state index is 0.0356. The van der Waals surface area contributed by atoms with Crippen molar-refractivity contribution in [3.8, 4) is 0 Å². The Bertz CT molecular complexity index is 467. The van der Waals surface area contributed by atoms with Crippen molar-refractivity contribution in [3.63, 3.8) is 0 Å². The average molecular weight is 269 g/mol. The molecule has 1 aliphatic carbocycles. The van der Waals surface area contributed by atoms with Crippen LogP contribution in [0.5, 0.6) is 0 Å². The summed E-state index contributed by atoms with van der Waals surface area (Å²) in [4.78, 5) is 10.7. The molecule has 0 amide bonds. The highest BCUT2D eigenvalue weighted by Crippen LogP contribution is 2.29. The zero-order valence-electron chi connectivity index (χ0n) is 10.7. The van der Waals surface area contributed by atoms with E-state index in [0.29, 0.717) is 5.92 Å². The average Bonchev–Trinajstić information content (AvgIpc) is 2.35. The molecule has 5 heteroatoms. The Morgan fingerprint density at radius 2 is 1.84 bits per heavy atom. The predicted molar refractivity (Wildman–Crippen MR) is 68.4 cm³/mol. The summed E-state index contributed by atoms with van der Waals surface area (Å²) in [5.41, 5.74) is -0.596. The first-order chi connectivity index (χ1) is 8.99. The molecular weight excluding hydrogens is 252 g/mol. The van der Waals surface area contributed by atoms with Crippen molar-refractivity contribution in [1.82, 2.24) is 0 Å². The quantitative estimate of drug-likeness (QED) is 0.880. The van der Waals surface area contributed by atoms with Gasteiger partial charge in [0.2, 0.25) is 0 Å². The molecule has 0 bridgehead atoms. The van der Waals surface area contributed by atoms with Gasteiger partial charge in [-0.15, -0.1) is 0 Å². The van der Waals surface area contributed by atoms with E-state index in [0.717, 1.165) is 37.8 Å².